The fourth-order valence-corrected chi connectivity index (χ4v) is 2.73. The van der Waals surface area contributed by atoms with Gasteiger partial charge in [-0.3, -0.25) is 4.79 Å². The minimum atomic E-state index is -2.89. The van der Waals surface area contributed by atoms with Crippen molar-refractivity contribution in [2.45, 2.75) is 19.6 Å². The minimum Gasteiger partial charge on any atom is -0.484 e. The highest BCUT2D eigenvalue weighted by Crippen LogP contribution is 2.22. The monoisotopic (exact) mass is 371 g/mol. The molecule has 4 nitrogen and oxygen atoms in total. The molecule has 1 unspecified atom stereocenters. The molecule has 0 saturated carbocycles. The lowest BCUT2D eigenvalue weighted by Gasteiger charge is -2.16. The quantitative estimate of drug-likeness (QED) is 0.655. The predicted molar refractivity (Wildman–Crippen MR) is 99.1 cm³/mol. The Hall–Kier alpha value is -3.15. The SMILES string of the molecule is CC(NC(=O)COc1ccc2ccccc2c1)c1cccc(OC(F)F)c1. The molecule has 1 N–H and O–H groups in total. The van der Waals surface area contributed by atoms with Crippen LogP contribution in [0.1, 0.15) is 18.5 Å². The van der Waals surface area contributed by atoms with Gasteiger partial charge in [-0.25, -0.2) is 0 Å². The van der Waals surface area contributed by atoms with E-state index < -0.39 is 6.61 Å². The van der Waals surface area contributed by atoms with Gasteiger partial charge in [-0.1, -0.05) is 42.5 Å². The number of hydrogen-bond donors (Lipinski definition) is 1. The zero-order valence-electron chi connectivity index (χ0n) is 14.7. The van der Waals surface area contributed by atoms with Gasteiger partial charge in [0.25, 0.3) is 5.91 Å². The number of halogens is 2. The summed E-state index contributed by atoms with van der Waals surface area (Å²) < 4.78 is 34.6. The maximum Gasteiger partial charge on any atom is 0.387 e. The summed E-state index contributed by atoms with van der Waals surface area (Å²) in [6.45, 7) is -1.27. The Morgan fingerprint density at radius 1 is 0.963 bits per heavy atom. The maximum atomic E-state index is 12.3. The summed E-state index contributed by atoms with van der Waals surface area (Å²) in [7, 11) is 0. The molecule has 0 radical (unpaired) electrons. The van der Waals surface area contributed by atoms with Gasteiger partial charge in [0.15, 0.2) is 6.61 Å². The molecule has 0 aliphatic heterocycles. The standard InChI is InChI=1S/C21H19F2NO3/c1-14(16-7-4-8-19(11-16)27-21(22)23)24-20(25)13-26-18-10-9-15-5-2-3-6-17(15)12-18/h2-12,14,21H,13H2,1H3,(H,24,25). The Bertz CT molecular complexity index is 930. The highest BCUT2D eigenvalue weighted by atomic mass is 19.3. The second kappa shape index (κ2) is 8.49. The highest BCUT2D eigenvalue weighted by Gasteiger charge is 2.12. The van der Waals surface area contributed by atoms with E-state index in [9.17, 15) is 13.6 Å². The van der Waals surface area contributed by atoms with Crippen molar-refractivity contribution in [3.8, 4) is 11.5 Å². The van der Waals surface area contributed by atoms with Crippen LogP contribution in [0.3, 0.4) is 0 Å². The number of fused-ring (bicyclic) bond motifs is 1. The first-order chi connectivity index (χ1) is 13.0. The highest BCUT2D eigenvalue weighted by molar-refractivity contribution is 5.84. The van der Waals surface area contributed by atoms with Gasteiger partial charge in [0, 0.05) is 0 Å². The fourth-order valence-electron chi connectivity index (χ4n) is 2.73. The molecular weight excluding hydrogens is 352 g/mol. The Morgan fingerprint density at radius 2 is 1.74 bits per heavy atom. The van der Waals surface area contributed by atoms with Crippen LogP contribution in [0.15, 0.2) is 66.7 Å². The normalized spacial score (nSPS) is 12.0. The molecule has 0 aliphatic rings. The first-order valence-corrected chi connectivity index (χ1v) is 8.47. The summed E-state index contributed by atoms with van der Waals surface area (Å²) in [5.41, 5.74) is 0.659. The van der Waals surface area contributed by atoms with Gasteiger partial charge in [-0.2, -0.15) is 8.78 Å². The molecule has 3 aromatic carbocycles. The molecule has 3 aromatic rings. The maximum absolute atomic E-state index is 12.3. The number of amides is 1. The smallest absolute Gasteiger partial charge is 0.387 e. The van der Waals surface area contributed by atoms with Crippen LogP contribution in [0.4, 0.5) is 8.78 Å². The van der Waals surface area contributed by atoms with E-state index in [1.165, 1.54) is 12.1 Å². The number of carbonyl (C=O) groups is 1. The van der Waals surface area contributed by atoms with Gasteiger partial charge in [0.05, 0.1) is 6.04 Å². The zero-order valence-corrected chi connectivity index (χ0v) is 14.7. The number of rotatable bonds is 7. The summed E-state index contributed by atoms with van der Waals surface area (Å²) in [4.78, 5) is 12.1. The summed E-state index contributed by atoms with van der Waals surface area (Å²) in [5, 5.41) is 4.90. The van der Waals surface area contributed by atoms with E-state index in [1.807, 2.05) is 42.5 Å². The number of hydrogen-bond acceptors (Lipinski definition) is 3. The molecular formula is C21H19F2NO3. The van der Waals surface area contributed by atoms with Crippen molar-refractivity contribution in [3.05, 3.63) is 72.3 Å². The Morgan fingerprint density at radius 3 is 2.52 bits per heavy atom. The molecule has 0 aliphatic carbocycles. The summed E-state index contributed by atoms with van der Waals surface area (Å²) in [6.07, 6.45) is 0. The largest absolute Gasteiger partial charge is 0.484 e. The lowest BCUT2D eigenvalue weighted by atomic mass is 10.1. The minimum absolute atomic E-state index is 0.0519. The second-order valence-corrected chi connectivity index (χ2v) is 6.04. The van der Waals surface area contributed by atoms with Crippen LogP contribution < -0.4 is 14.8 Å². The third-order valence-corrected chi connectivity index (χ3v) is 4.05. The number of ether oxygens (including phenoxy) is 2. The predicted octanol–water partition coefficient (Wildman–Crippen LogP) is 4.70. The van der Waals surface area contributed by atoms with Gasteiger partial charge >= 0.3 is 6.61 Å². The van der Waals surface area contributed by atoms with Gasteiger partial charge in [0.1, 0.15) is 11.5 Å². The van der Waals surface area contributed by atoms with Crippen molar-refractivity contribution in [2.75, 3.05) is 6.61 Å². The van der Waals surface area contributed by atoms with E-state index in [1.54, 1.807) is 19.1 Å². The fraction of sp³-hybridized carbons (Fsp3) is 0.190. The van der Waals surface area contributed by atoms with Crippen LogP contribution in [-0.2, 0) is 4.79 Å². The molecule has 6 heteroatoms. The van der Waals surface area contributed by atoms with Crippen LogP contribution in [0.25, 0.3) is 10.8 Å². The van der Waals surface area contributed by atoms with E-state index in [-0.39, 0.29) is 24.3 Å². The van der Waals surface area contributed by atoms with Crippen LogP contribution in [0, 0.1) is 0 Å². The molecule has 27 heavy (non-hydrogen) atoms. The van der Waals surface area contributed by atoms with Crippen molar-refractivity contribution in [1.82, 2.24) is 5.32 Å². The summed E-state index contributed by atoms with van der Waals surface area (Å²) in [6, 6.07) is 19.3. The average Bonchev–Trinajstić information content (AvgIpc) is 2.66. The third-order valence-electron chi connectivity index (χ3n) is 4.05. The molecule has 0 saturated heterocycles. The Balaban J connectivity index is 1.56. The topological polar surface area (TPSA) is 47.6 Å². The Kier molecular flexibility index (Phi) is 5.86. The van der Waals surface area contributed by atoms with Crippen molar-refractivity contribution in [2.24, 2.45) is 0 Å². The summed E-state index contributed by atoms with van der Waals surface area (Å²) in [5.74, 6) is 0.343. The van der Waals surface area contributed by atoms with E-state index in [0.717, 1.165) is 10.8 Å². The first-order valence-electron chi connectivity index (χ1n) is 8.47. The van der Waals surface area contributed by atoms with E-state index in [2.05, 4.69) is 10.1 Å². The molecule has 1 atom stereocenters. The number of nitrogens with one attached hydrogen (secondary N) is 1. The van der Waals surface area contributed by atoms with Gasteiger partial charge < -0.3 is 14.8 Å². The number of carbonyl (C=O) groups excluding carboxylic acids is 1. The van der Waals surface area contributed by atoms with Crippen LogP contribution >= 0.6 is 0 Å². The zero-order chi connectivity index (χ0) is 19.2. The van der Waals surface area contributed by atoms with E-state index >= 15 is 0 Å². The molecule has 3 rings (SSSR count). The third kappa shape index (κ3) is 5.17. The van der Waals surface area contributed by atoms with Crippen molar-refractivity contribution < 1.29 is 23.0 Å². The molecule has 0 aromatic heterocycles. The number of benzene rings is 3. The molecule has 0 bridgehead atoms. The lowest BCUT2D eigenvalue weighted by Crippen LogP contribution is -2.31. The van der Waals surface area contributed by atoms with Crippen LogP contribution in [0.5, 0.6) is 11.5 Å². The average molecular weight is 371 g/mol. The van der Waals surface area contributed by atoms with Crippen molar-refractivity contribution in [3.63, 3.8) is 0 Å². The van der Waals surface area contributed by atoms with E-state index in [0.29, 0.717) is 11.3 Å². The second-order valence-electron chi connectivity index (χ2n) is 6.04. The van der Waals surface area contributed by atoms with Crippen LogP contribution in [0.2, 0.25) is 0 Å². The van der Waals surface area contributed by atoms with Gasteiger partial charge in [-0.05, 0) is 47.5 Å². The molecule has 0 spiro atoms. The Labute approximate surface area is 155 Å². The lowest BCUT2D eigenvalue weighted by molar-refractivity contribution is -0.123. The van der Waals surface area contributed by atoms with Crippen molar-refractivity contribution in [1.29, 1.82) is 0 Å². The van der Waals surface area contributed by atoms with Gasteiger partial charge in [-0.15, -0.1) is 0 Å². The molecule has 0 heterocycles. The summed E-state index contributed by atoms with van der Waals surface area (Å²) >= 11 is 0. The molecule has 1 amide bonds. The first kappa shape index (κ1) is 18.6. The number of alkyl halides is 2. The van der Waals surface area contributed by atoms with Crippen LogP contribution in [-0.4, -0.2) is 19.1 Å². The molecule has 140 valence electrons. The van der Waals surface area contributed by atoms with Crippen molar-refractivity contribution >= 4 is 16.7 Å². The van der Waals surface area contributed by atoms with E-state index in [4.69, 9.17) is 4.74 Å². The molecule has 0 fully saturated rings. The van der Waals surface area contributed by atoms with Gasteiger partial charge in [0.2, 0.25) is 0 Å².